The Bertz CT molecular complexity index is 380. The van der Waals surface area contributed by atoms with Gasteiger partial charge in [0.2, 0.25) is 0 Å². The van der Waals surface area contributed by atoms with Gasteiger partial charge in [0.05, 0.1) is 15.5 Å². The standard InChI is InChI=1S/C7H4ClNO4.ClH/c8-6-3-4(9(12)13)1-2-5(6)7(10)11;/h1-3H,(H,10,11);1H. The van der Waals surface area contributed by atoms with Crippen molar-refractivity contribution in [2.45, 2.75) is 0 Å². The van der Waals surface area contributed by atoms with Crippen LogP contribution >= 0.6 is 24.0 Å². The summed E-state index contributed by atoms with van der Waals surface area (Å²) >= 11 is 5.48. The number of nitro groups is 1. The Balaban J connectivity index is 0.00000169. The molecule has 1 aromatic rings. The highest BCUT2D eigenvalue weighted by atomic mass is 35.5. The average molecular weight is 238 g/mol. The number of nitro benzene ring substituents is 1. The van der Waals surface area contributed by atoms with E-state index in [0.717, 1.165) is 18.2 Å². The van der Waals surface area contributed by atoms with Gasteiger partial charge in [0.25, 0.3) is 5.69 Å². The molecule has 0 heterocycles. The molecule has 0 aliphatic rings. The molecule has 5 nitrogen and oxygen atoms in total. The summed E-state index contributed by atoms with van der Waals surface area (Å²) in [6.07, 6.45) is 0. The van der Waals surface area contributed by atoms with Crippen molar-refractivity contribution in [3.63, 3.8) is 0 Å². The van der Waals surface area contributed by atoms with Gasteiger partial charge in [-0.1, -0.05) is 11.6 Å². The molecule has 1 rings (SSSR count). The summed E-state index contributed by atoms with van der Waals surface area (Å²) in [6.45, 7) is 0. The van der Waals surface area contributed by atoms with Crippen LogP contribution in [-0.2, 0) is 0 Å². The lowest BCUT2D eigenvalue weighted by Gasteiger charge is -1.97. The number of carbonyl (C=O) groups is 1. The largest absolute Gasteiger partial charge is 0.478 e. The van der Waals surface area contributed by atoms with Crippen molar-refractivity contribution in [1.82, 2.24) is 0 Å². The first-order valence-electron chi connectivity index (χ1n) is 3.19. The van der Waals surface area contributed by atoms with Crippen LogP contribution in [0.4, 0.5) is 5.69 Å². The van der Waals surface area contributed by atoms with Gasteiger partial charge in [-0.25, -0.2) is 4.79 Å². The normalized spacial score (nSPS) is 8.93. The summed E-state index contributed by atoms with van der Waals surface area (Å²) in [4.78, 5) is 20.0. The first-order chi connectivity index (χ1) is 6.02. The number of rotatable bonds is 2. The maximum atomic E-state index is 10.4. The third-order valence-electron chi connectivity index (χ3n) is 1.39. The highest BCUT2D eigenvalue weighted by Gasteiger charge is 2.13. The number of halogens is 2. The minimum absolute atomic E-state index is 0. The number of aromatic carboxylic acids is 1. The van der Waals surface area contributed by atoms with Gasteiger partial charge < -0.3 is 5.11 Å². The maximum Gasteiger partial charge on any atom is 0.337 e. The van der Waals surface area contributed by atoms with Gasteiger partial charge in [-0.05, 0) is 6.07 Å². The summed E-state index contributed by atoms with van der Waals surface area (Å²) in [5.41, 5.74) is -0.373. The van der Waals surface area contributed by atoms with Crippen molar-refractivity contribution in [1.29, 1.82) is 0 Å². The SMILES string of the molecule is Cl.O=C(O)c1ccc([N+](=O)[O-])cc1Cl. The van der Waals surface area contributed by atoms with Crippen LogP contribution in [0.1, 0.15) is 10.4 Å². The van der Waals surface area contributed by atoms with E-state index in [2.05, 4.69) is 0 Å². The molecule has 76 valence electrons. The van der Waals surface area contributed by atoms with Crippen molar-refractivity contribution in [3.05, 3.63) is 38.9 Å². The van der Waals surface area contributed by atoms with Crippen LogP contribution < -0.4 is 0 Å². The number of hydrogen-bond donors (Lipinski definition) is 1. The third kappa shape index (κ3) is 2.58. The third-order valence-corrected chi connectivity index (χ3v) is 1.71. The van der Waals surface area contributed by atoms with Crippen LogP contribution in [0, 0.1) is 10.1 Å². The highest BCUT2D eigenvalue weighted by Crippen LogP contribution is 2.22. The van der Waals surface area contributed by atoms with Crippen molar-refractivity contribution in [3.8, 4) is 0 Å². The minimum atomic E-state index is -1.21. The van der Waals surface area contributed by atoms with E-state index in [1.165, 1.54) is 0 Å². The van der Waals surface area contributed by atoms with Crippen molar-refractivity contribution in [2.24, 2.45) is 0 Å². The first kappa shape index (κ1) is 12.7. The zero-order valence-corrected chi connectivity index (χ0v) is 8.21. The van der Waals surface area contributed by atoms with Gasteiger partial charge in [-0.3, -0.25) is 10.1 Å². The predicted octanol–water partition coefficient (Wildman–Crippen LogP) is 2.37. The molecular formula is C7H5Cl2NO4. The molecule has 0 unspecified atom stereocenters. The Hall–Kier alpha value is -1.33. The number of carboxylic acid groups (broad SMARTS) is 1. The maximum absolute atomic E-state index is 10.4. The Morgan fingerprint density at radius 2 is 2.07 bits per heavy atom. The van der Waals surface area contributed by atoms with Gasteiger partial charge in [0.15, 0.2) is 0 Å². The van der Waals surface area contributed by atoms with E-state index in [-0.39, 0.29) is 28.7 Å². The van der Waals surface area contributed by atoms with Crippen molar-refractivity contribution in [2.75, 3.05) is 0 Å². The lowest BCUT2D eigenvalue weighted by Crippen LogP contribution is -1.98. The summed E-state index contributed by atoms with van der Waals surface area (Å²) in [6, 6.07) is 3.20. The molecule has 0 spiro atoms. The average Bonchev–Trinajstić information content (AvgIpc) is 2.03. The molecule has 0 amide bonds. The topological polar surface area (TPSA) is 80.4 Å². The van der Waals surface area contributed by atoms with Gasteiger partial charge in [-0.2, -0.15) is 0 Å². The summed E-state index contributed by atoms with van der Waals surface area (Å²) in [5.74, 6) is -1.21. The van der Waals surface area contributed by atoms with E-state index in [1.807, 2.05) is 0 Å². The molecule has 0 bridgehead atoms. The fraction of sp³-hybridized carbons (Fsp3) is 0. The second-order valence-electron chi connectivity index (χ2n) is 2.23. The first-order valence-corrected chi connectivity index (χ1v) is 3.57. The quantitative estimate of drug-likeness (QED) is 0.633. The number of carboxylic acids is 1. The molecular weight excluding hydrogens is 233 g/mol. The van der Waals surface area contributed by atoms with Crippen LogP contribution in [0.15, 0.2) is 18.2 Å². The second kappa shape index (κ2) is 4.78. The fourth-order valence-electron chi connectivity index (χ4n) is 0.791. The molecule has 0 aliphatic heterocycles. The summed E-state index contributed by atoms with van der Waals surface area (Å²) in [5, 5.41) is 18.6. The lowest BCUT2D eigenvalue weighted by atomic mass is 10.2. The van der Waals surface area contributed by atoms with Crippen LogP contribution in [0.3, 0.4) is 0 Å². The van der Waals surface area contributed by atoms with E-state index in [4.69, 9.17) is 16.7 Å². The zero-order chi connectivity index (χ0) is 10.0. The molecule has 0 atom stereocenters. The Morgan fingerprint density at radius 1 is 1.50 bits per heavy atom. The lowest BCUT2D eigenvalue weighted by molar-refractivity contribution is -0.384. The molecule has 14 heavy (non-hydrogen) atoms. The molecule has 1 aromatic carbocycles. The Kier molecular flexibility index (Phi) is 4.33. The molecule has 0 saturated carbocycles. The van der Waals surface area contributed by atoms with Crippen LogP contribution in [-0.4, -0.2) is 16.0 Å². The number of hydrogen-bond acceptors (Lipinski definition) is 3. The van der Waals surface area contributed by atoms with Gasteiger partial charge >= 0.3 is 5.97 Å². The molecule has 0 fully saturated rings. The summed E-state index contributed by atoms with van der Waals surface area (Å²) in [7, 11) is 0. The fourth-order valence-corrected chi connectivity index (χ4v) is 1.05. The Morgan fingerprint density at radius 3 is 2.43 bits per heavy atom. The van der Waals surface area contributed by atoms with E-state index >= 15 is 0 Å². The van der Waals surface area contributed by atoms with Crippen LogP contribution in [0.25, 0.3) is 0 Å². The van der Waals surface area contributed by atoms with E-state index in [0.29, 0.717) is 0 Å². The van der Waals surface area contributed by atoms with Gasteiger partial charge in [-0.15, -0.1) is 12.4 Å². The zero-order valence-electron chi connectivity index (χ0n) is 6.64. The van der Waals surface area contributed by atoms with E-state index < -0.39 is 10.9 Å². The molecule has 0 aliphatic carbocycles. The van der Waals surface area contributed by atoms with Gasteiger partial charge in [0.1, 0.15) is 0 Å². The molecule has 0 saturated heterocycles. The number of nitrogens with zero attached hydrogens (tertiary/aromatic N) is 1. The Labute approximate surface area is 89.9 Å². The number of non-ortho nitro benzene ring substituents is 1. The monoisotopic (exact) mass is 237 g/mol. The van der Waals surface area contributed by atoms with Crippen LogP contribution in [0.5, 0.6) is 0 Å². The summed E-state index contributed by atoms with van der Waals surface area (Å²) < 4.78 is 0. The molecule has 1 N–H and O–H groups in total. The predicted molar refractivity (Wildman–Crippen MR) is 52.3 cm³/mol. The minimum Gasteiger partial charge on any atom is -0.478 e. The molecule has 7 heteroatoms. The molecule has 0 aromatic heterocycles. The van der Waals surface area contributed by atoms with Crippen molar-refractivity contribution >= 4 is 35.7 Å². The molecule has 0 radical (unpaired) electrons. The smallest absolute Gasteiger partial charge is 0.337 e. The second-order valence-corrected chi connectivity index (χ2v) is 2.63. The van der Waals surface area contributed by atoms with Gasteiger partial charge in [0, 0.05) is 12.1 Å². The van der Waals surface area contributed by atoms with E-state index in [9.17, 15) is 14.9 Å². The van der Waals surface area contributed by atoms with E-state index in [1.54, 1.807) is 0 Å². The number of benzene rings is 1. The van der Waals surface area contributed by atoms with Crippen LogP contribution in [0.2, 0.25) is 5.02 Å². The highest BCUT2D eigenvalue weighted by molar-refractivity contribution is 6.33. The van der Waals surface area contributed by atoms with Crippen molar-refractivity contribution < 1.29 is 14.8 Å².